The molecule has 0 spiro atoms. The average molecular weight is 995 g/mol. The molecule has 71 heavy (non-hydrogen) atoms. The number of allylic oxidation sites excluding steroid dienone is 1. The quantitative estimate of drug-likeness (QED) is 0.0754. The number of aliphatic hydroxyl groups excluding tert-OH is 5. The number of carboxylic acids is 1. The lowest BCUT2D eigenvalue weighted by atomic mass is 9.88. The Labute approximate surface area is 407 Å². The Morgan fingerprint density at radius 2 is 1.58 bits per heavy atom. The largest absolute Gasteiger partial charge is 0.497 e. The lowest BCUT2D eigenvalue weighted by Gasteiger charge is -2.35. The molecule has 3 heterocycles. The summed E-state index contributed by atoms with van der Waals surface area (Å²) in [5, 5.41) is 91.1. The van der Waals surface area contributed by atoms with Gasteiger partial charge in [-0.2, -0.15) is 0 Å². The Hall–Kier alpha value is -6.96. The van der Waals surface area contributed by atoms with Crippen molar-refractivity contribution in [2.45, 2.75) is 106 Å². The van der Waals surface area contributed by atoms with Crippen molar-refractivity contribution in [1.82, 2.24) is 41.8 Å². The number of rotatable bonds is 13. The van der Waals surface area contributed by atoms with Crippen molar-refractivity contribution >= 4 is 64.3 Å². The van der Waals surface area contributed by atoms with E-state index in [1.165, 1.54) is 0 Å². The van der Waals surface area contributed by atoms with Crippen molar-refractivity contribution in [3.8, 4) is 5.75 Å². The Kier molecular flexibility index (Phi) is 19.2. The number of unbranched alkanes of at least 4 members (excludes halogenated alkanes) is 2. The highest BCUT2D eigenvalue weighted by molar-refractivity contribution is 5.99. The molecule has 2 fully saturated rings. The lowest BCUT2D eigenvalue weighted by molar-refractivity contribution is -0.146. The monoisotopic (exact) mass is 994 g/mol. The van der Waals surface area contributed by atoms with Crippen LogP contribution in [-0.2, 0) is 40.0 Å². The number of β-amino-alcohol motifs (C(OH)–C–C–N with tert-alkyl or cyclic N) is 1. The van der Waals surface area contributed by atoms with Gasteiger partial charge in [0.05, 0.1) is 51.3 Å². The first-order valence-electron chi connectivity index (χ1n) is 22.9. The second kappa shape index (κ2) is 24.7. The van der Waals surface area contributed by atoms with Crippen LogP contribution in [0.3, 0.4) is 0 Å². The molecule has 10 atom stereocenters. The number of H-pyrrole nitrogens is 1. The number of nitrogens with one attached hydrogen (secondary N) is 7. The average Bonchev–Trinajstić information content (AvgIpc) is 3.80. The van der Waals surface area contributed by atoms with Crippen LogP contribution in [0.25, 0.3) is 17.0 Å². The second-order valence-electron chi connectivity index (χ2n) is 17.8. The van der Waals surface area contributed by atoms with Crippen LogP contribution in [0.1, 0.15) is 67.1 Å². The van der Waals surface area contributed by atoms with E-state index < -0.39 is 147 Å². The maximum absolute atomic E-state index is 13.8. The summed E-state index contributed by atoms with van der Waals surface area (Å²) >= 11 is 0. The van der Waals surface area contributed by atoms with Gasteiger partial charge in [-0.1, -0.05) is 55.8 Å². The number of aromatic carboxylic acids is 1. The van der Waals surface area contributed by atoms with Crippen LogP contribution in [0.15, 0.2) is 54.6 Å². The first kappa shape index (κ1) is 55.0. The van der Waals surface area contributed by atoms with Crippen molar-refractivity contribution in [3.05, 3.63) is 71.4 Å². The van der Waals surface area contributed by atoms with E-state index in [1.54, 1.807) is 38.3 Å². The minimum Gasteiger partial charge on any atom is -0.497 e. The third-order valence-corrected chi connectivity index (χ3v) is 12.4. The zero-order valence-electron chi connectivity index (χ0n) is 39.3. The highest BCUT2D eigenvalue weighted by Crippen LogP contribution is 2.27. The number of hydrogen-bond acceptors (Lipinski definition) is 15. The summed E-state index contributed by atoms with van der Waals surface area (Å²) in [5.74, 6) is -9.14. The van der Waals surface area contributed by atoms with Gasteiger partial charge in [-0.3, -0.25) is 33.6 Å². The highest BCUT2D eigenvalue weighted by atomic mass is 16.5. The minimum absolute atomic E-state index is 0.108. The number of carbonyl (C=O) groups is 8. The van der Waals surface area contributed by atoms with Crippen molar-refractivity contribution in [1.29, 1.82) is 0 Å². The van der Waals surface area contributed by atoms with Crippen LogP contribution < -0.4 is 36.6 Å². The number of methoxy groups -OCH3 is 1. The third kappa shape index (κ3) is 14.6. The number of para-hydroxylation sites is 1. The summed E-state index contributed by atoms with van der Waals surface area (Å²) in [7, 11) is 2.68. The Bertz CT molecular complexity index is 2450. The molecule has 3 aromatic rings. The fraction of sp³-hybridized carbons (Fsp3) is 0.489. The molecule has 1 aromatic heterocycles. The normalized spacial score (nSPS) is 26.0. The number of ether oxygens (including phenoxy) is 1. The van der Waals surface area contributed by atoms with Crippen molar-refractivity contribution in [2.75, 3.05) is 33.8 Å². The highest BCUT2D eigenvalue weighted by Gasteiger charge is 2.55. The minimum atomic E-state index is -2.78. The molecular weight excluding hydrogens is 933 g/mol. The molecular formula is C47H62N8O16. The molecule has 2 aliphatic rings. The van der Waals surface area contributed by atoms with Gasteiger partial charge >= 0.3 is 5.97 Å². The maximum Gasteiger partial charge on any atom is 0.352 e. The van der Waals surface area contributed by atoms with Gasteiger partial charge in [0.2, 0.25) is 29.5 Å². The first-order valence-corrected chi connectivity index (χ1v) is 22.9. The van der Waals surface area contributed by atoms with Gasteiger partial charge in [-0.25, -0.2) is 4.79 Å². The zero-order chi connectivity index (χ0) is 52.2. The van der Waals surface area contributed by atoms with Crippen LogP contribution in [0, 0.1) is 5.92 Å². The van der Waals surface area contributed by atoms with Crippen LogP contribution in [0.4, 0.5) is 0 Å². The zero-order valence-corrected chi connectivity index (χ0v) is 39.3. The maximum atomic E-state index is 13.8. The molecule has 24 nitrogen and oxygen atoms in total. The summed E-state index contributed by atoms with van der Waals surface area (Å²) in [6.45, 7) is -0.564. The lowest BCUT2D eigenvalue weighted by Crippen LogP contribution is -2.64. The van der Waals surface area contributed by atoms with E-state index in [9.17, 15) is 74.1 Å². The molecule has 24 heteroatoms. The topological polar surface area (TPSA) is 379 Å². The summed E-state index contributed by atoms with van der Waals surface area (Å²) in [5.41, 5.74) is -1.61. The molecule has 0 aliphatic carbocycles. The van der Waals surface area contributed by atoms with E-state index in [4.69, 9.17) is 4.74 Å². The molecule has 0 radical (unpaired) electrons. The summed E-state index contributed by atoms with van der Waals surface area (Å²) in [6.07, 6.45) is -6.36. The second-order valence-corrected chi connectivity index (χ2v) is 17.8. The molecule has 0 saturated carbocycles. The van der Waals surface area contributed by atoms with Crippen LogP contribution in [0.5, 0.6) is 5.75 Å². The SMILES string of the molecule is COc1ccc(/C=C/CCCCC(C)C(O)C(O)C2NC(=O)CC(O)CNC(=O)CNC(=O)C(Cc3c(C(=O)O)[nH]c4ccccc34)NC(=O)CN(C)C(=O)CC3(O)NC(=O)C(O)C3NC(=O)C2O)cc1. The van der Waals surface area contributed by atoms with Gasteiger partial charge in [0.15, 0.2) is 17.9 Å². The molecule has 0 bridgehead atoms. The van der Waals surface area contributed by atoms with E-state index in [1.807, 2.05) is 41.7 Å². The first-order chi connectivity index (χ1) is 33.6. The van der Waals surface area contributed by atoms with Gasteiger partial charge in [0, 0.05) is 30.9 Å². The number of aromatic nitrogens is 1. The molecule has 10 unspecified atom stereocenters. The molecule has 5 rings (SSSR count). The number of aromatic amines is 1. The van der Waals surface area contributed by atoms with Gasteiger partial charge < -0.3 is 82.3 Å². The fourth-order valence-corrected chi connectivity index (χ4v) is 8.30. The van der Waals surface area contributed by atoms with E-state index in [-0.39, 0.29) is 11.3 Å². The van der Waals surface area contributed by atoms with E-state index >= 15 is 0 Å². The number of likely N-dealkylation sites (N-methyl/N-ethyl adjacent to an activating group) is 1. The van der Waals surface area contributed by atoms with Gasteiger partial charge in [0.1, 0.15) is 29.6 Å². The Morgan fingerprint density at radius 1 is 0.873 bits per heavy atom. The number of nitrogens with zero attached hydrogens (tertiary/aromatic N) is 1. The molecule has 2 aromatic carbocycles. The number of carboxylic acid groups (broad SMARTS) is 1. The number of fused-ring (bicyclic) bond motifs is 2. The van der Waals surface area contributed by atoms with Crippen molar-refractivity contribution in [3.63, 3.8) is 0 Å². The number of amides is 7. The fourth-order valence-electron chi connectivity index (χ4n) is 8.30. The van der Waals surface area contributed by atoms with Crippen LogP contribution >= 0.6 is 0 Å². The van der Waals surface area contributed by atoms with Crippen LogP contribution in [0.2, 0.25) is 0 Å². The predicted octanol–water partition coefficient (Wildman–Crippen LogP) is -3.11. The number of aliphatic hydroxyl groups is 6. The third-order valence-electron chi connectivity index (χ3n) is 12.4. The predicted molar refractivity (Wildman–Crippen MR) is 250 cm³/mol. The van der Waals surface area contributed by atoms with Gasteiger partial charge in [0.25, 0.3) is 11.8 Å². The summed E-state index contributed by atoms with van der Waals surface area (Å²) in [4.78, 5) is 109. The Balaban J connectivity index is 1.34. The molecule has 2 aliphatic heterocycles. The summed E-state index contributed by atoms with van der Waals surface area (Å²) < 4.78 is 5.17. The van der Waals surface area contributed by atoms with Crippen molar-refractivity contribution < 1.29 is 78.8 Å². The molecule has 7 amide bonds. The van der Waals surface area contributed by atoms with E-state index in [0.29, 0.717) is 36.6 Å². The standard InChI is InChI=1S/C47H62N8O16/c1-24(10-6-4-5-7-11-25-14-16-27(71-3)17-15-25)38(61)39(62)37-40(63)44(66)53-42-41(64)45(67)54-47(42,70)20-35(60)55(2)23-34(59)50-31(19-29-28-12-8-9-13-30(28)51-36(29)46(68)69)43(65)49-22-33(58)48-21-26(56)18-32(57)52-37/h7-9,11-17,24,26,31,37-42,51,56,61-64,70H,4-6,10,18-23H2,1-3H3,(H,48,58)(H,49,65)(H,50,59)(H,52,57)(H,53,66)(H,54,67)(H,68,69)/b11-7+. The van der Waals surface area contributed by atoms with Gasteiger partial charge in [-0.15, -0.1) is 0 Å². The van der Waals surface area contributed by atoms with E-state index in [2.05, 4.69) is 31.6 Å². The van der Waals surface area contributed by atoms with Gasteiger partial charge in [-0.05, 0) is 54.5 Å². The van der Waals surface area contributed by atoms with Crippen LogP contribution in [-0.4, -0.2) is 181 Å². The Morgan fingerprint density at radius 3 is 2.27 bits per heavy atom. The van der Waals surface area contributed by atoms with Crippen molar-refractivity contribution in [2.24, 2.45) is 5.92 Å². The molecule has 2 saturated heterocycles. The molecule has 386 valence electrons. The molecule has 14 N–H and O–H groups in total. The van der Waals surface area contributed by atoms with E-state index in [0.717, 1.165) is 23.3 Å². The number of carbonyl (C=O) groups excluding carboxylic acids is 7. The summed E-state index contributed by atoms with van der Waals surface area (Å²) in [6, 6.07) is 8.16. The smallest absolute Gasteiger partial charge is 0.352 e. The number of hydrogen-bond donors (Lipinski definition) is 14. The number of benzene rings is 2.